The van der Waals surface area contributed by atoms with Gasteiger partial charge in [0.05, 0.1) is 12.1 Å². The molecule has 0 spiro atoms. The monoisotopic (exact) mass is 238 g/mol. The molecule has 1 fully saturated rings. The number of nitrogens with zero attached hydrogens (tertiary/aromatic N) is 1. The number of ketones is 1. The van der Waals surface area contributed by atoms with Crippen LogP contribution in [-0.2, 0) is 9.63 Å². The number of rotatable bonds is 5. The third-order valence-electron chi connectivity index (χ3n) is 3.61. The molecule has 0 amide bonds. The highest BCUT2D eigenvalue weighted by Crippen LogP contribution is 2.27. The van der Waals surface area contributed by atoms with E-state index in [9.17, 15) is 4.79 Å². The number of hydrogen-bond acceptors (Lipinski definition) is 4. The van der Waals surface area contributed by atoms with Crippen LogP contribution in [0.2, 0.25) is 0 Å². The van der Waals surface area contributed by atoms with Crippen molar-refractivity contribution >= 4 is 5.78 Å². The fourth-order valence-electron chi connectivity index (χ4n) is 2.65. The zero-order valence-corrected chi connectivity index (χ0v) is 11.1. The van der Waals surface area contributed by atoms with Crippen LogP contribution in [0.15, 0.2) is 0 Å². The van der Waals surface area contributed by atoms with Gasteiger partial charge in [-0.15, -0.1) is 5.48 Å². The normalized spacial score (nSPS) is 26.8. The van der Waals surface area contributed by atoms with Gasteiger partial charge in [0.1, 0.15) is 11.9 Å². The van der Waals surface area contributed by atoms with Crippen LogP contribution < -0.4 is 5.48 Å². The van der Waals surface area contributed by atoms with Crippen LogP contribution in [-0.4, -0.2) is 35.9 Å². The molecule has 0 saturated carbocycles. The van der Waals surface area contributed by atoms with E-state index in [-0.39, 0.29) is 23.9 Å². The van der Waals surface area contributed by atoms with E-state index < -0.39 is 0 Å². The molecule has 96 valence electrons. The molecule has 17 heavy (non-hydrogen) atoms. The molecule has 3 atom stereocenters. The van der Waals surface area contributed by atoms with Gasteiger partial charge in [0.15, 0.2) is 0 Å². The molecular weight excluding hydrogens is 216 g/mol. The van der Waals surface area contributed by atoms with Crippen LogP contribution >= 0.6 is 0 Å². The summed E-state index contributed by atoms with van der Waals surface area (Å²) in [4.78, 5) is 18.5. The van der Waals surface area contributed by atoms with E-state index in [0.717, 1.165) is 12.8 Å². The SMILES string of the molecule is C#CONC(C(C)C)[C@H]1CC[C@H](C(C)=O)N1C. The first-order valence-electron chi connectivity index (χ1n) is 6.08. The largest absolute Gasteiger partial charge is 0.356 e. The number of carbonyl (C=O) groups is 1. The second-order valence-electron chi connectivity index (χ2n) is 5.04. The smallest absolute Gasteiger partial charge is 0.146 e. The first-order chi connectivity index (χ1) is 7.99. The van der Waals surface area contributed by atoms with Crippen LogP contribution in [0.4, 0.5) is 0 Å². The molecule has 1 aliphatic heterocycles. The van der Waals surface area contributed by atoms with Gasteiger partial charge < -0.3 is 4.84 Å². The van der Waals surface area contributed by atoms with Gasteiger partial charge in [0.25, 0.3) is 0 Å². The Labute approximate surface area is 104 Å². The molecule has 0 aliphatic carbocycles. The number of terminal acetylenes is 1. The Hall–Kier alpha value is -1.05. The summed E-state index contributed by atoms with van der Waals surface area (Å²) in [6.07, 6.45) is 9.12. The third kappa shape index (κ3) is 3.21. The molecule has 1 heterocycles. The summed E-state index contributed by atoms with van der Waals surface area (Å²) in [7, 11) is 2.00. The highest BCUT2D eigenvalue weighted by Gasteiger charge is 2.39. The highest BCUT2D eigenvalue weighted by molar-refractivity contribution is 5.81. The summed E-state index contributed by atoms with van der Waals surface area (Å²) in [6, 6.07) is 0.464. The molecule has 1 rings (SSSR count). The summed E-state index contributed by atoms with van der Waals surface area (Å²) in [6.45, 7) is 5.89. The Balaban J connectivity index is 2.70. The molecule has 1 N–H and O–H groups in total. The van der Waals surface area contributed by atoms with E-state index >= 15 is 0 Å². The summed E-state index contributed by atoms with van der Waals surface area (Å²) >= 11 is 0. The van der Waals surface area contributed by atoms with Gasteiger partial charge in [0, 0.05) is 6.04 Å². The first-order valence-corrected chi connectivity index (χ1v) is 6.08. The topological polar surface area (TPSA) is 41.6 Å². The average molecular weight is 238 g/mol. The van der Waals surface area contributed by atoms with E-state index in [4.69, 9.17) is 11.3 Å². The zero-order valence-electron chi connectivity index (χ0n) is 11.1. The van der Waals surface area contributed by atoms with Gasteiger partial charge >= 0.3 is 0 Å². The van der Waals surface area contributed by atoms with Crippen LogP contribution in [0.5, 0.6) is 0 Å². The second kappa shape index (κ2) is 6.04. The van der Waals surface area contributed by atoms with Gasteiger partial charge in [-0.25, -0.2) is 0 Å². The molecule has 0 radical (unpaired) electrons. The van der Waals surface area contributed by atoms with Gasteiger partial charge in [-0.3, -0.25) is 9.69 Å². The predicted octanol–water partition coefficient (Wildman–Crippen LogP) is 1.17. The maximum Gasteiger partial charge on any atom is 0.146 e. The summed E-state index contributed by atoms with van der Waals surface area (Å²) < 4.78 is 0. The minimum Gasteiger partial charge on any atom is -0.356 e. The number of likely N-dealkylation sites (tertiary alicyclic amines) is 1. The maximum atomic E-state index is 11.5. The maximum absolute atomic E-state index is 11.5. The number of likely N-dealkylation sites (N-methyl/N-ethyl adjacent to an activating group) is 1. The number of hydroxylamine groups is 1. The molecule has 0 aromatic heterocycles. The Morgan fingerprint density at radius 3 is 2.59 bits per heavy atom. The van der Waals surface area contributed by atoms with Gasteiger partial charge in [-0.1, -0.05) is 20.3 Å². The minimum atomic E-state index is 0.0360. The van der Waals surface area contributed by atoms with Crippen molar-refractivity contribution in [3.05, 3.63) is 0 Å². The van der Waals surface area contributed by atoms with Crippen LogP contribution in [0.3, 0.4) is 0 Å². The van der Waals surface area contributed by atoms with Crippen molar-refractivity contribution in [2.75, 3.05) is 7.05 Å². The van der Waals surface area contributed by atoms with Gasteiger partial charge in [-0.2, -0.15) is 0 Å². The predicted molar refractivity (Wildman–Crippen MR) is 66.9 cm³/mol. The van der Waals surface area contributed by atoms with Crippen molar-refractivity contribution in [2.24, 2.45) is 5.92 Å². The zero-order chi connectivity index (χ0) is 13.0. The average Bonchev–Trinajstić information content (AvgIpc) is 2.61. The summed E-state index contributed by atoms with van der Waals surface area (Å²) in [5.41, 5.74) is 2.91. The van der Waals surface area contributed by atoms with Crippen LogP contribution in [0, 0.1) is 18.4 Å². The Morgan fingerprint density at radius 1 is 1.53 bits per heavy atom. The second-order valence-corrected chi connectivity index (χ2v) is 5.04. The molecule has 4 heteroatoms. The van der Waals surface area contributed by atoms with Crippen molar-refractivity contribution in [2.45, 2.75) is 51.7 Å². The number of hydrogen-bond donors (Lipinski definition) is 1. The van der Waals surface area contributed by atoms with Crippen LogP contribution in [0.1, 0.15) is 33.6 Å². The molecule has 1 saturated heterocycles. The van der Waals surface area contributed by atoms with E-state index in [1.54, 1.807) is 6.92 Å². The molecule has 0 aromatic rings. The fourth-order valence-corrected chi connectivity index (χ4v) is 2.65. The van der Waals surface area contributed by atoms with E-state index in [1.807, 2.05) is 7.05 Å². The van der Waals surface area contributed by atoms with E-state index in [0.29, 0.717) is 5.92 Å². The quantitative estimate of drug-likeness (QED) is 0.577. The summed E-state index contributed by atoms with van der Waals surface area (Å²) in [5, 5.41) is 0. The van der Waals surface area contributed by atoms with Crippen molar-refractivity contribution in [3.8, 4) is 12.5 Å². The Morgan fingerprint density at radius 2 is 2.18 bits per heavy atom. The van der Waals surface area contributed by atoms with Crippen molar-refractivity contribution in [3.63, 3.8) is 0 Å². The molecular formula is C13H22N2O2. The highest BCUT2D eigenvalue weighted by atomic mass is 16.6. The Bertz CT molecular complexity index is 309. The lowest BCUT2D eigenvalue weighted by molar-refractivity contribution is -0.121. The number of nitrogens with one attached hydrogen (secondary N) is 1. The lowest BCUT2D eigenvalue weighted by atomic mass is 9.95. The molecule has 1 unspecified atom stereocenters. The third-order valence-corrected chi connectivity index (χ3v) is 3.61. The van der Waals surface area contributed by atoms with Gasteiger partial charge in [0.2, 0.25) is 0 Å². The van der Waals surface area contributed by atoms with Gasteiger partial charge in [-0.05, 0) is 32.7 Å². The van der Waals surface area contributed by atoms with E-state index in [2.05, 4.69) is 30.3 Å². The molecule has 4 nitrogen and oxygen atoms in total. The van der Waals surface area contributed by atoms with Crippen LogP contribution in [0.25, 0.3) is 0 Å². The number of carbonyl (C=O) groups excluding carboxylic acids is 1. The van der Waals surface area contributed by atoms with Crippen molar-refractivity contribution in [1.29, 1.82) is 0 Å². The summed E-state index contributed by atoms with van der Waals surface area (Å²) in [5.74, 6) is 0.622. The molecule has 1 aliphatic rings. The lowest BCUT2D eigenvalue weighted by Crippen LogP contribution is -2.50. The van der Waals surface area contributed by atoms with Crippen molar-refractivity contribution in [1.82, 2.24) is 10.4 Å². The number of Topliss-reactive ketones (excluding diaryl/α,β-unsaturated/α-hetero) is 1. The standard InChI is InChI=1S/C13H22N2O2/c1-6-17-14-13(9(2)3)12-8-7-11(10(4)16)15(12)5/h1,9,11-14H,7-8H2,2-5H3/t11-,12-,13?/m1/s1. The van der Waals surface area contributed by atoms with Crippen molar-refractivity contribution < 1.29 is 9.63 Å². The molecule has 0 bridgehead atoms. The first kappa shape index (κ1) is 14.0. The minimum absolute atomic E-state index is 0.0360. The van der Waals surface area contributed by atoms with E-state index in [1.165, 1.54) is 0 Å². The fraction of sp³-hybridized carbons (Fsp3) is 0.769. The lowest BCUT2D eigenvalue weighted by Gasteiger charge is -2.33. The molecule has 0 aromatic carbocycles. The Kier molecular flexibility index (Phi) is 4.98.